The molecule has 0 spiro atoms. The number of guanidine groups is 1. The van der Waals surface area contributed by atoms with E-state index in [2.05, 4.69) is 47.0 Å². The summed E-state index contributed by atoms with van der Waals surface area (Å²) in [6, 6.07) is 4.89. The molecule has 3 heterocycles. The van der Waals surface area contributed by atoms with Crippen molar-refractivity contribution in [3.63, 3.8) is 0 Å². The van der Waals surface area contributed by atoms with E-state index in [1.807, 2.05) is 16.2 Å². The van der Waals surface area contributed by atoms with E-state index < -0.39 is 0 Å². The van der Waals surface area contributed by atoms with E-state index in [4.69, 9.17) is 4.99 Å². The summed E-state index contributed by atoms with van der Waals surface area (Å²) in [7, 11) is 2.24. The second-order valence-corrected chi connectivity index (χ2v) is 9.51. The Bertz CT molecular complexity index is 669. The molecule has 6 nitrogen and oxygen atoms in total. The number of carbonyl (C=O) groups excluding carboxylic acids is 1. The Morgan fingerprint density at radius 1 is 1.23 bits per heavy atom. The van der Waals surface area contributed by atoms with E-state index in [0.717, 1.165) is 70.9 Å². The lowest BCUT2D eigenvalue weighted by molar-refractivity contribution is -0.130. The van der Waals surface area contributed by atoms with Gasteiger partial charge in [-0.2, -0.15) is 0 Å². The Morgan fingerprint density at radius 3 is 2.87 bits per heavy atom. The van der Waals surface area contributed by atoms with Crippen molar-refractivity contribution in [2.24, 2.45) is 10.9 Å². The van der Waals surface area contributed by atoms with Crippen LogP contribution in [0, 0.1) is 5.92 Å². The first kappa shape index (κ1) is 26.4. The Labute approximate surface area is 209 Å². The van der Waals surface area contributed by atoms with Crippen molar-refractivity contribution in [3.05, 3.63) is 22.4 Å². The number of aliphatic imine (C=N–C) groups is 1. The Balaban J connectivity index is 0.00000341. The van der Waals surface area contributed by atoms with E-state index in [9.17, 15) is 4.79 Å². The second-order valence-electron chi connectivity index (χ2n) is 8.53. The van der Waals surface area contributed by atoms with Crippen LogP contribution in [0.4, 0.5) is 0 Å². The number of piperidine rings is 1. The number of carbonyl (C=O) groups is 1. The van der Waals surface area contributed by atoms with Gasteiger partial charge in [-0.1, -0.05) is 12.5 Å². The summed E-state index contributed by atoms with van der Waals surface area (Å²) in [5.41, 5.74) is 0. The molecule has 1 aromatic heterocycles. The molecule has 0 aromatic carbocycles. The number of nitrogens with one attached hydrogen (secondary N) is 2. The minimum Gasteiger partial charge on any atom is -0.357 e. The molecule has 2 unspecified atom stereocenters. The standard InChI is InChI=1S/C23H39N5OS.HI/c1-3-24-23(25-13-9-16-28-15-6-4-5-12-21(28)29)26-18-19-10-7-14-27(2)22(19)20-11-8-17-30-20;/h8,11,17,19,22H,3-7,9-10,12-16,18H2,1-2H3,(H2,24,25,26);1H. The lowest BCUT2D eigenvalue weighted by Gasteiger charge is -2.38. The van der Waals surface area contributed by atoms with E-state index >= 15 is 0 Å². The van der Waals surface area contributed by atoms with Crippen LogP contribution in [-0.4, -0.2) is 68.0 Å². The molecule has 0 aliphatic carbocycles. The zero-order valence-corrected chi connectivity index (χ0v) is 22.3. The molecule has 2 atom stereocenters. The lowest BCUT2D eigenvalue weighted by Crippen LogP contribution is -2.41. The zero-order valence-electron chi connectivity index (χ0n) is 19.1. The molecule has 0 radical (unpaired) electrons. The number of amides is 1. The van der Waals surface area contributed by atoms with Crippen LogP contribution in [0.5, 0.6) is 0 Å². The van der Waals surface area contributed by atoms with Gasteiger partial charge in [-0.05, 0) is 70.0 Å². The van der Waals surface area contributed by atoms with Crippen molar-refractivity contribution in [2.45, 2.75) is 57.9 Å². The number of rotatable bonds is 8. The maximum absolute atomic E-state index is 12.1. The monoisotopic (exact) mass is 561 g/mol. The topological polar surface area (TPSA) is 60.0 Å². The van der Waals surface area contributed by atoms with Crippen LogP contribution in [0.25, 0.3) is 0 Å². The highest BCUT2D eigenvalue weighted by molar-refractivity contribution is 14.0. The van der Waals surface area contributed by atoms with E-state index in [0.29, 0.717) is 17.9 Å². The number of thiophene rings is 1. The fourth-order valence-corrected chi connectivity index (χ4v) is 5.65. The molecule has 0 bridgehead atoms. The van der Waals surface area contributed by atoms with Crippen LogP contribution in [0.3, 0.4) is 0 Å². The van der Waals surface area contributed by atoms with Gasteiger partial charge >= 0.3 is 0 Å². The van der Waals surface area contributed by atoms with Gasteiger partial charge in [0.05, 0.1) is 0 Å². The average Bonchev–Trinajstić information content (AvgIpc) is 3.19. The van der Waals surface area contributed by atoms with Crippen molar-refractivity contribution in [2.75, 3.05) is 46.3 Å². The van der Waals surface area contributed by atoms with Crippen molar-refractivity contribution in [1.29, 1.82) is 0 Å². The van der Waals surface area contributed by atoms with E-state index in [1.165, 1.54) is 24.1 Å². The summed E-state index contributed by atoms with van der Waals surface area (Å²) in [6.07, 6.45) is 7.52. The summed E-state index contributed by atoms with van der Waals surface area (Å²) in [6.45, 7) is 7.58. The molecule has 0 saturated carbocycles. The third-order valence-corrected chi connectivity index (χ3v) is 7.18. The number of halogens is 1. The molecule has 2 N–H and O–H groups in total. The first-order chi connectivity index (χ1) is 14.7. The first-order valence-electron chi connectivity index (χ1n) is 11.7. The number of likely N-dealkylation sites (tertiary alicyclic amines) is 2. The molecule has 1 aromatic rings. The Kier molecular flexibility index (Phi) is 12.2. The quantitative estimate of drug-likeness (QED) is 0.217. The molecule has 176 valence electrons. The summed E-state index contributed by atoms with van der Waals surface area (Å²) >= 11 is 1.86. The van der Waals surface area contributed by atoms with E-state index in [-0.39, 0.29) is 24.0 Å². The SMILES string of the molecule is CCNC(=NCC1CCCN(C)C1c1cccs1)NCCCN1CCCCCC1=O.I. The smallest absolute Gasteiger partial charge is 0.222 e. The van der Waals surface area contributed by atoms with Gasteiger partial charge in [0.25, 0.3) is 0 Å². The van der Waals surface area contributed by atoms with Crippen molar-refractivity contribution >= 4 is 47.2 Å². The Hall–Kier alpha value is -0.870. The highest BCUT2D eigenvalue weighted by atomic mass is 127. The van der Waals surface area contributed by atoms with Crippen LogP contribution in [0.15, 0.2) is 22.5 Å². The van der Waals surface area contributed by atoms with Gasteiger partial charge in [0.1, 0.15) is 0 Å². The minimum absolute atomic E-state index is 0. The maximum atomic E-state index is 12.1. The second kappa shape index (κ2) is 14.3. The van der Waals surface area contributed by atoms with Crippen LogP contribution < -0.4 is 10.6 Å². The lowest BCUT2D eigenvalue weighted by atomic mass is 9.88. The third kappa shape index (κ3) is 8.20. The number of nitrogens with zero attached hydrogens (tertiary/aromatic N) is 3. The van der Waals surface area contributed by atoms with Crippen LogP contribution in [0.2, 0.25) is 0 Å². The van der Waals surface area contributed by atoms with Gasteiger partial charge in [-0.25, -0.2) is 0 Å². The van der Waals surface area contributed by atoms with Gasteiger partial charge in [-0.3, -0.25) is 14.7 Å². The molecule has 2 aliphatic heterocycles. The molecule has 2 fully saturated rings. The first-order valence-corrected chi connectivity index (χ1v) is 12.6. The van der Waals surface area contributed by atoms with Gasteiger partial charge < -0.3 is 15.5 Å². The number of hydrogen-bond donors (Lipinski definition) is 2. The molecular weight excluding hydrogens is 521 g/mol. The normalized spacial score (nSPS) is 23.2. The largest absolute Gasteiger partial charge is 0.357 e. The third-order valence-electron chi connectivity index (χ3n) is 6.24. The highest BCUT2D eigenvalue weighted by Gasteiger charge is 2.31. The number of hydrogen-bond acceptors (Lipinski definition) is 4. The molecule has 3 rings (SSSR count). The molecule has 8 heteroatoms. The zero-order chi connectivity index (χ0) is 21.2. The van der Waals surface area contributed by atoms with Crippen molar-refractivity contribution in [3.8, 4) is 0 Å². The van der Waals surface area contributed by atoms with Gasteiger partial charge in [-0.15, -0.1) is 35.3 Å². The maximum Gasteiger partial charge on any atom is 0.222 e. The van der Waals surface area contributed by atoms with Crippen LogP contribution in [0.1, 0.15) is 62.8 Å². The fourth-order valence-electron chi connectivity index (χ4n) is 4.66. The predicted molar refractivity (Wildman–Crippen MR) is 141 cm³/mol. The van der Waals surface area contributed by atoms with Gasteiger partial charge in [0, 0.05) is 50.1 Å². The summed E-state index contributed by atoms with van der Waals surface area (Å²) < 4.78 is 0. The van der Waals surface area contributed by atoms with Crippen LogP contribution in [-0.2, 0) is 4.79 Å². The van der Waals surface area contributed by atoms with Crippen LogP contribution >= 0.6 is 35.3 Å². The predicted octanol–water partition coefficient (Wildman–Crippen LogP) is 4.10. The van der Waals surface area contributed by atoms with E-state index in [1.54, 1.807) is 0 Å². The fraction of sp³-hybridized carbons (Fsp3) is 0.739. The highest BCUT2D eigenvalue weighted by Crippen LogP contribution is 2.37. The molecule has 2 saturated heterocycles. The summed E-state index contributed by atoms with van der Waals surface area (Å²) in [4.78, 5) is 23.1. The summed E-state index contributed by atoms with van der Waals surface area (Å²) in [5, 5.41) is 9.05. The van der Waals surface area contributed by atoms with Gasteiger partial charge in [0.15, 0.2) is 5.96 Å². The molecule has 31 heavy (non-hydrogen) atoms. The minimum atomic E-state index is 0. The van der Waals surface area contributed by atoms with Crippen molar-refractivity contribution in [1.82, 2.24) is 20.4 Å². The van der Waals surface area contributed by atoms with Crippen molar-refractivity contribution < 1.29 is 4.79 Å². The molecular formula is C23H40IN5OS. The average molecular weight is 562 g/mol. The molecule has 1 amide bonds. The summed E-state index contributed by atoms with van der Waals surface area (Å²) in [5.74, 6) is 1.78. The molecule has 2 aliphatic rings. The Morgan fingerprint density at radius 2 is 2.10 bits per heavy atom. The van der Waals surface area contributed by atoms with Gasteiger partial charge in [0.2, 0.25) is 5.91 Å².